The third-order valence-corrected chi connectivity index (χ3v) is 3.47. The smallest absolute Gasteiger partial charge is 0.0242 e. The highest BCUT2D eigenvalue weighted by Gasteiger charge is 2.42. The first-order valence-electron chi connectivity index (χ1n) is 5.22. The van der Waals surface area contributed by atoms with E-state index >= 15 is 0 Å². The Morgan fingerprint density at radius 3 is 2.42 bits per heavy atom. The maximum Gasteiger partial charge on any atom is 0.0242 e. The molecule has 2 nitrogen and oxygen atoms in total. The predicted octanol–water partition coefficient (Wildman–Crippen LogP) is 1.17. The van der Waals surface area contributed by atoms with Crippen LogP contribution in [0.2, 0.25) is 0 Å². The molecule has 2 aliphatic heterocycles. The third kappa shape index (κ3) is 1.17. The molecule has 2 atom stereocenters. The highest BCUT2D eigenvalue weighted by molar-refractivity contribution is 4.99. The molecule has 0 radical (unpaired) electrons. The summed E-state index contributed by atoms with van der Waals surface area (Å²) in [5, 5.41) is 0. The van der Waals surface area contributed by atoms with Crippen LogP contribution in [0.25, 0.3) is 0 Å². The number of nitrogens with zero attached hydrogens (tertiary/aromatic N) is 2. The second kappa shape index (κ2) is 3.00. The number of fused-ring (bicyclic) bond motifs is 2. The van der Waals surface area contributed by atoms with Gasteiger partial charge in [-0.25, -0.2) is 0 Å². The van der Waals surface area contributed by atoms with Gasteiger partial charge in [0.1, 0.15) is 0 Å². The maximum absolute atomic E-state index is 2.66. The van der Waals surface area contributed by atoms with Crippen molar-refractivity contribution in [1.29, 1.82) is 0 Å². The normalized spacial score (nSPS) is 37.0. The summed E-state index contributed by atoms with van der Waals surface area (Å²) in [6, 6.07) is 2.50. The van der Waals surface area contributed by atoms with Crippen LogP contribution in [0.15, 0.2) is 0 Å². The summed E-state index contributed by atoms with van der Waals surface area (Å²) in [6.07, 6.45) is 1.42. The van der Waals surface area contributed by atoms with Crippen LogP contribution in [0.5, 0.6) is 0 Å². The Morgan fingerprint density at radius 2 is 2.00 bits per heavy atom. The molecule has 0 saturated carbocycles. The van der Waals surface area contributed by atoms with Gasteiger partial charge in [-0.15, -0.1) is 0 Å². The molecule has 2 saturated heterocycles. The fourth-order valence-corrected chi connectivity index (χ4v) is 2.80. The van der Waals surface area contributed by atoms with E-state index in [1.165, 1.54) is 26.1 Å². The monoisotopic (exact) mass is 168 g/mol. The minimum atomic E-state index is 0.749. The minimum Gasteiger partial charge on any atom is -0.298 e. The largest absolute Gasteiger partial charge is 0.298 e. The Labute approximate surface area is 75.5 Å². The SMILES string of the molecule is CCN1C[C@@H]2C[C@H]1CN2C(C)C. The molecule has 0 aliphatic carbocycles. The van der Waals surface area contributed by atoms with Crippen LogP contribution in [0.3, 0.4) is 0 Å². The highest BCUT2D eigenvalue weighted by atomic mass is 15.4. The Balaban J connectivity index is 1.98. The van der Waals surface area contributed by atoms with Gasteiger partial charge in [-0.05, 0) is 26.8 Å². The van der Waals surface area contributed by atoms with Crippen molar-refractivity contribution in [2.45, 2.75) is 45.3 Å². The van der Waals surface area contributed by atoms with Crippen molar-refractivity contribution in [3.05, 3.63) is 0 Å². The second-order valence-corrected chi connectivity index (χ2v) is 4.42. The summed E-state index contributed by atoms with van der Waals surface area (Å²) in [7, 11) is 0. The molecule has 2 aliphatic rings. The van der Waals surface area contributed by atoms with E-state index in [2.05, 4.69) is 30.6 Å². The number of likely N-dealkylation sites (N-methyl/N-ethyl adjacent to an activating group) is 1. The molecule has 2 heteroatoms. The Kier molecular flexibility index (Phi) is 2.13. The lowest BCUT2D eigenvalue weighted by atomic mass is 10.2. The molecule has 0 unspecified atom stereocenters. The quantitative estimate of drug-likeness (QED) is 0.611. The minimum absolute atomic E-state index is 0.749. The van der Waals surface area contributed by atoms with E-state index < -0.39 is 0 Å². The molecular weight excluding hydrogens is 148 g/mol. The first-order valence-corrected chi connectivity index (χ1v) is 5.22. The standard InChI is InChI=1S/C10H20N2/c1-4-11-6-10-5-9(11)7-12(10)8(2)3/h8-10H,4-7H2,1-3H3/t9-,10-/m0/s1. The Hall–Kier alpha value is -0.0800. The van der Waals surface area contributed by atoms with Gasteiger partial charge in [-0.1, -0.05) is 6.92 Å². The first-order chi connectivity index (χ1) is 5.72. The molecule has 2 bridgehead atoms. The number of likely N-dealkylation sites (tertiary alicyclic amines) is 2. The lowest BCUT2D eigenvalue weighted by Crippen LogP contribution is -2.48. The molecule has 2 rings (SSSR count). The summed E-state index contributed by atoms with van der Waals surface area (Å²) in [5.74, 6) is 0. The molecule has 0 aromatic rings. The molecule has 0 aromatic heterocycles. The van der Waals surface area contributed by atoms with E-state index in [0.717, 1.165) is 18.1 Å². The maximum atomic E-state index is 2.66. The van der Waals surface area contributed by atoms with Gasteiger partial charge in [-0.2, -0.15) is 0 Å². The van der Waals surface area contributed by atoms with Crippen LogP contribution in [0, 0.1) is 0 Å². The van der Waals surface area contributed by atoms with Crippen LogP contribution in [-0.4, -0.2) is 47.6 Å². The third-order valence-electron chi connectivity index (χ3n) is 3.47. The molecule has 70 valence electrons. The molecule has 0 spiro atoms. The van der Waals surface area contributed by atoms with Crippen LogP contribution < -0.4 is 0 Å². The van der Waals surface area contributed by atoms with Gasteiger partial charge in [0.05, 0.1) is 0 Å². The van der Waals surface area contributed by atoms with Crippen LogP contribution in [0.4, 0.5) is 0 Å². The van der Waals surface area contributed by atoms with Crippen molar-refractivity contribution in [1.82, 2.24) is 9.80 Å². The highest BCUT2D eigenvalue weighted by Crippen LogP contribution is 2.31. The van der Waals surface area contributed by atoms with Crippen LogP contribution in [0.1, 0.15) is 27.2 Å². The van der Waals surface area contributed by atoms with Gasteiger partial charge in [0.25, 0.3) is 0 Å². The van der Waals surface area contributed by atoms with E-state index in [4.69, 9.17) is 0 Å². The lowest BCUT2D eigenvalue weighted by molar-refractivity contribution is 0.108. The fraction of sp³-hybridized carbons (Fsp3) is 1.00. The Bertz CT molecular complexity index is 167. The van der Waals surface area contributed by atoms with Crippen molar-refractivity contribution in [3.63, 3.8) is 0 Å². The van der Waals surface area contributed by atoms with Gasteiger partial charge in [0.2, 0.25) is 0 Å². The van der Waals surface area contributed by atoms with E-state index in [1.807, 2.05) is 0 Å². The van der Waals surface area contributed by atoms with Crippen molar-refractivity contribution >= 4 is 0 Å². The summed E-state index contributed by atoms with van der Waals surface area (Å²) >= 11 is 0. The van der Waals surface area contributed by atoms with Gasteiger partial charge in [0.15, 0.2) is 0 Å². The number of piperazine rings is 1. The van der Waals surface area contributed by atoms with Crippen molar-refractivity contribution in [2.24, 2.45) is 0 Å². The van der Waals surface area contributed by atoms with E-state index in [-0.39, 0.29) is 0 Å². The van der Waals surface area contributed by atoms with Crippen molar-refractivity contribution < 1.29 is 0 Å². The number of rotatable bonds is 2. The topological polar surface area (TPSA) is 6.48 Å². The van der Waals surface area contributed by atoms with Gasteiger partial charge in [-0.3, -0.25) is 9.80 Å². The lowest BCUT2D eigenvalue weighted by Gasteiger charge is -2.35. The summed E-state index contributed by atoms with van der Waals surface area (Å²) in [4.78, 5) is 5.29. The van der Waals surface area contributed by atoms with E-state index in [0.29, 0.717) is 0 Å². The van der Waals surface area contributed by atoms with Gasteiger partial charge in [0, 0.05) is 31.2 Å². The van der Waals surface area contributed by atoms with Crippen molar-refractivity contribution in [2.75, 3.05) is 19.6 Å². The average molecular weight is 168 g/mol. The molecule has 12 heavy (non-hydrogen) atoms. The molecule has 2 heterocycles. The molecule has 0 aromatic carbocycles. The van der Waals surface area contributed by atoms with Crippen LogP contribution in [-0.2, 0) is 0 Å². The summed E-state index contributed by atoms with van der Waals surface area (Å²) < 4.78 is 0. The number of hydrogen-bond donors (Lipinski definition) is 0. The summed E-state index contributed by atoms with van der Waals surface area (Å²) in [5.41, 5.74) is 0. The van der Waals surface area contributed by atoms with E-state index in [1.54, 1.807) is 0 Å². The van der Waals surface area contributed by atoms with E-state index in [9.17, 15) is 0 Å². The fourth-order valence-electron chi connectivity index (χ4n) is 2.80. The average Bonchev–Trinajstić information content (AvgIpc) is 2.60. The van der Waals surface area contributed by atoms with Gasteiger partial charge < -0.3 is 0 Å². The first kappa shape index (κ1) is 8.52. The predicted molar refractivity (Wildman–Crippen MR) is 51.3 cm³/mol. The zero-order valence-electron chi connectivity index (χ0n) is 8.45. The zero-order chi connectivity index (χ0) is 8.72. The molecule has 0 N–H and O–H groups in total. The number of hydrogen-bond acceptors (Lipinski definition) is 2. The van der Waals surface area contributed by atoms with Crippen molar-refractivity contribution in [3.8, 4) is 0 Å². The molecular formula is C10H20N2. The molecule has 0 amide bonds. The van der Waals surface area contributed by atoms with Crippen LogP contribution >= 0.6 is 0 Å². The Morgan fingerprint density at radius 1 is 1.25 bits per heavy atom. The second-order valence-electron chi connectivity index (χ2n) is 4.42. The van der Waals surface area contributed by atoms with Gasteiger partial charge >= 0.3 is 0 Å². The zero-order valence-corrected chi connectivity index (χ0v) is 8.45. The summed E-state index contributed by atoms with van der Waals surface area (Å²) in [6.45, 7) is 10.8. The molecule has 2 fully saturated rings.